The van der Waals surface area contributed by atoms with E-state index >= 15 is 0 Å². The molecule has 1 aliphatic rings. The molecule has 0 saturated carbocycles. The highest BCUT2D eigenvalue weighted by Gasteiger charge is 2.35. The van der Waals surface area contributed by atoms with Crippen molar-refractivity contribution in [3.05, 3.63) is 0 Å². The van der Waals surface area contributed by atoms with E-state index in [9.17, 15) is 0 Å². The smallest absolute Gasteiger partial charge is 0.184 e. The minimum atomic E-state index is -0.685. The molecule has 3 nitrogen and oxygen atoms in total. The first kappa shape index (κ1) is 4.05. The van der Waals surface area contributed by atoms with Crippen LogP contribution in [0.3, 0.4) is 0 Å². The van der Waals surface area contributed by atoms with Crippen LogP contribution in [0.4, 0.5) is 0 Å². The summed E-state index contributed by atoms with van der Waals surface area (Å²) in [5, 5.41) is 16.3. The molecule has 1 fully saturated rings. The zero-order chi connectivity index (χ0) is 4.57. The molecule has 0 aromatic carbocycles. The molecular formula is C3H6O3. The van der Waals surface area contributed by atoms with Crippen LogP contribution >= 0.6 is 0 Å². The van der Waals surface area contributed by atoms with Gasteiger partial charge in [-0.1, -0.05) is 0 Å². The highest BCUT2D eigenvalue weighted by atomic mass is 16.7. The molecule has 1 saturated heterocycles. The molecule has 0 aliphatic carbocycles. The summed E-state index contributed by atoms with van der Waals surface area (Å²) in [6.07, 6.45) is -0.972. The summed E-state index contributed by atoms with van der Waals surface area (Å²) in [6, 6.07) is 0. The second-order valence-corrected chi connectivity index (χ2v) is 1.25. The molecule has 3 heteroatoms. The molecule has 2 atom stereocenters. The largest absolute Gasteiger partial charge is 0.393 e. The first-order valence-electron chi connectivity index (χ1n) is 1.79. The number of ether oxygens (including phenoxy) is 1. The van der Waals surface area contributed by atoms with Gasteiger partial charge < -0.3 is 14.9 Å². The fourth-order valence-corrected chi connectivity index (χ4v) is 0.267. The molecule has 0 spiro atoms. The lowest BCUT2D eigenvalue weighted by Gasteiger charge is -1.72. The lowest BCUT2D eigenvalue weighted by molar-refractivity contribution is 0.155. The zero-order valence-corrected chi connectivity index (χ0v) is 3.16. The lowest BCUT2D eigenvalue weighted by Crippen LogP contribution is -1.96. The van der Waals surface area contributed by atoms with Crippen molar-refractivity contribution in [2.75, 3.05) is 6.61 Å². The fraction of sp³-hybridized carbons (Fsp3) is 1.00. The number of epoxide rings is 1. The van der Waals surface area contributed by atoms with Gasteiger partial charge in [-0.15, -0.1) is 0 Å². The van der Waals surface area contributed by atoms with Crippen LogP contribution in [0.25, 0.3) is 0 Å². The standard InChI is InChI=1S/C3H6O3/c4-1-2-3(5)6-2/h2-5H,1H2/t2-,3+/m1/s1. The van der Waals surface area contributed by atoms with Gasteiger partial charge in [-0.3, -0.25) is 0 Å². The third kappa shape index (κ3) is 0.518. The minimum Gasteiger partial charge on any atom is -0.393 e. The van der Waals surface area contributed by atoms with Crippen LogP contribution in [0.2, 0.25) is 0 Å². The summed E-state index contributed by atoms with van der Waals surface area (Å²) in [5.74, 6) is 0. The van der Waals surface area contributed by atoms with Crippen molar-refractivity contribution in [1.82, 2.24) is 0 Å². The molecule has 1 rings (SSSR count). The first-order chi connectivity index (χ1) is 2.84. The molecule has 1 heterocycles. The number of aliphatic hydroxyl groups is 2. The van der Waals surface area contributed by atoms with Gasteiger partial charge in [0.25, 0.3) is 0 Å². The van der Waals surface area contributed by atoms with E-state index in [4.69, 9.17) is 10.2 Å². The highest BCUT2D eigenvalue weighted by Crippen LogP contribution is 2.16. The maximum absolute atomic E-state index is 8.24. The predicted molar refractivity (Wildman–Crippen MR) is 18.0 cm³/mol. The molecule has 1 aliphatic heterocycles. The van der Waals surface area contributed by atoms with Gasteiger partial charge in [-0.2, -0.15) is 0 Å². The van der Waals surface area contributed by atoms with E-state index in [1.165, 1.54) is 0 Å². The van der Waals surface area contributed by atoms with Crippen molar-refractivity contribution in [2.45, 2.75) is 12.4 Å². The molecule has 36 valence electrons. The number of hydrogen-bond acceptors (Lipinski definition) is 3. The Bertz CT molecular complexity index is 52.0. The van der Waals surface area contributed by atoms with Crippen LogP contribution < -0.4 is 0 Å². The molecule has 0 bridgehead atoms. The second-order valence-electron chi connectivity index (χ2n) is 1.25. The zero-order valence-electron chi connectivity index (χ0n) is 3.16. The third-order valence-corrected chi connectivity index (χ3v) is 0.736. The number of hydrogen-bond donors (Lipinski definition) is 2. The molecule has 0 amide bonds. The van der Waals surface area contributed by atoms with E-state index < -0.39 is 6.29 Å². The quantitative estimate of drug-likeness (QED) is 0.393. The monoisotopic (exact) mass is 90.0 g/mol. The Morgan fingerprint density at radius 1 is 1.67 bits per heavy atom. The lowest BCUT2D eigenvalue weighted by atomic mass is 10.5. The SMILES string of the molecule is OC[C@H]1O[C@@H]1O. The van der Waals surface area contributed by atoms with Crippen molar-refractivity contribution < 1.29 is 14.9 Å². The van der Waals surface area contributed by atoms with E-state index in [0.717, 1.165) is 0 Å². The average molecular weight is 90.1 g/mol. The summed E-state index contributed by atoms with van der Waals surface area (Å²) in [4.78, 5) is 0. The minimum absolute atomic E-state index is 0.0683. The van der Waals surface area contributed by atoms with E-state index in [2.05, 4.69) is 4.74 Å². The Morgan fingerprint density at radius 3 is 2.17 bits per heavy atom. The van der Waals surface area contributed by atoms with Crippen LogP contribution in [-0.4, -0.2) is 29.2 Å². The van der Waals surface area contributed by atoms with Gasteiger partial charge in [0.1, 0.15) is 6.10 Å². The number of rotatable bonds is 1. The number of aliphatic hydroxyl groups excluding tert-OH is 2. The van der Waals surface area contributed by atoms with Crippen molar-refractivity contribution in [2.24, 2.45) is 0 Å². The molecule has 0 aromatic heterocycles. The van der Waals surface area contributed by atoms with Gasteiger partial charge in [0.2, 0.25) is 0 Å². The molecule has 0 aromatic rings. The molecule has 0 unspecified atom stereocenters. The normalized spacial score (nSPS) is 43.0. The van der Waals surface area contributed by atoms with E-state index in [-0.39, 0.29) is 12.7 Å². The Balaban J connectivity index is 2.09. The third-order valence-electron chi connectivity index (χ3n) is 0.736. The van der Waals surface area contributed by atoms with Crippen molar-refractivity contribution in [1.29, 1.82) is 0 Å². The second kappa shape index (κ2) is 1.18. The molecular weight excluding hydrogens is 84.0 g/mol. The highest BCUT2D eigenvalue weighted by molar-refractivity contribution is 4.72. The molecule has 2 N–H and O–H groups in total. The Hall–Kier alpha value is -0.120. The predicted octanol–water partition coefficient (Wildman–Crippen LogP) is -1.30. The van der Waals surface area contributed by atoms with Crippen molar-refractivity contribution in [3.8, 4) is 0 Å². The van der Waals surface area contributed by atoms with E-state index in [0.29, 0.717) is 0 Å². The molecule has 6 heavy (non-hydrogen) atoms. The Kier molecular flexibility index (Phi) is 0.799. The van der Waals surface area contributed by atoms with E-state index in [1.54, 1.807) is 0 Å². The summed E-state index contributed by atoms with van der Waals surface area (Å²) >= 11 is 0. The summed E-state index contributed by atoms with van der Waals surface area (Å²) in [5.41, 5.74) is 0. The topological polar surface area (TPSA) is 53.0 Å². The van der Waals surface area contributed by atoms with E-state index in [1.807, 2.05) is 0 Å². The van der Waals surface area contributed by atoms with Gasteiger partial charge in [0.05, 0.1) is 6.61 Å². The molecule has 0 radical (unpaired) electrons. The average Bonchev–Trinajstić information content (AvgIpc) is 2.19. The Labute approximate surface area is 35.2 Å². The van der Waals surface area contributed by atoms with Crippen molar-refractivity contribution >= 4 is 0 Å². The van der Waals surface area contributed by atoms with Gasteiger partial charge in [-0.05, 0) is 0 Å². The van der Waals surface area contributed by atoms with Crippen LogP contribution in [0.15, 0.2) is 0 Å². The maximum Gasteiger partial charge on any atom is 0.184 e. The van der Waals surface area contributed by atoms with Gasteiger partial charge in [0, 0.05) is 0 Å². The maximum atomic E-state index is 8.24. The van der Waals surface area contributed by atoms with Gasteiger partial charge in [0.15, 0.2) is 6.29 Å². The van der Waals surface area contributed by atoms with Crippen LogP contribution in [0.1, 0.15) is 0 Å². The fourth-order valence-electron chi connectivity index (χ4n) is 0.267. The summed E-state index contributed by atoms with van der Waals surface area (Å²) in [7, 11) is 0. The van der Waals surface area contributed by atoms with Crippen molar-refractivity contribution in [3.63, 3.8) is 0 Å². The Morgan fingerprint density at radius 2 is 2.17 bits per heavy atom. The van der Waals surface area contributed by atoms with Crippen LogP contribution in [0, 0.1) is 0 Å². The van der Waals surface area contributed by atoms with Gasteiger partial charge in [-0.25, -0.2) is 0 Å². The summed E-state index contributed by atoms with van der Waals surface area (Å²) < 4.78 is 4.37. The van der Waals surface area contributed by atoms with Gasteiger partial charge >= 0.3 is 0 Å². The first-order valence-corrected chi connectivity index (χ1v) is 1.79. The summed E-state index contributed by atoms with van der Waals surface area (Å²) in [6.45, 7) is -0.0683. The van der Waals surface area contributed by atoms with Crippen LogP contribution in [-0.2, 0) is 4.74 Å². The van der Waals surface area contributed by atoms with Crippen LogP contribution in [0.5, 0.6) is 0 Å².